The van der Waals surface area contributed by atoms with Gasteiger partial charge < -0.3 is 10.8 Å². The molecule has 0 aliphatic rings. The summed E-state index contributed by atoms with van der Waals surface area (Å²) < 4.78 is 0. The number of rotatable bonds is 10. The van der Waals surface area contributed by atoms with Gasteiger partial charge in [-0.1, -0.05) is 65.2 Å². The van der Waals surface area contributed by atoms with Gasteiger partial charge in [0.25, 0.3) is 0 Å². The van der Waals surface area contributed by atoms with E-state index in [-0.39, 0.29) is 49.6 Å². The van der Waals surface area contributed by atoms with Gasteiger partial charge in [-0.15, -0.1) is 5.54 Å². The Bertz CT molecular complexity index is 134. The van der Waals surface area contributed by atoms with Crippen molar-refractivity contribution >= 4 is 0 Å². The molecule has 2 N–H and O–H groups in total. The van der Waals surface area contributed by atoms with Crippen LogP contribution in [0.4, 0.5) is 0 Å². The Labute approximate surface area is 137 Å². The second-order valence-electron chi connectivity index (χ2n) is 5.19. The first-order valence-corrected chi connectivity index (χ1v) is 6.42. The van der Waals surface area contributed by atoms with Gasteiger partial charge >= 0.3 is 0 Å². The van der Waals surface area contributed by atoms with Crippen LogP contribution in [0.15, 0.2) is 0 Å². The maximum atomic E-state index is 8.60. The molecule has 0 atom stereocenters. The van der Waals surface area contributed by atoms with E-state index < -0.39 is 0 Å². The van der Waals surface area contributed by atoms with E-state index in [9.17, 15) is 0 Å². The largest absolute Gasteiger partial charge is 0.672 e. The first-order chi connectivity index (χ1) is 7.06. The molecule has 0 aromatic rings. The van der Waals surface area contributed by atoms with Crippen molar-refractivity contribution in [1.82, 2.24) is 0 Å². The molecular weight excluding hydrogens is 413 g/mol. The topological polar surface area (TPSA) is 44.0 Å². The van der Waals surface area contributed by atoms with Crippen LogP contribution in [-0.2, 0) is 0 Å². The maximum Gasteiger partial charge on any atom is 0.0431 e. The van der Waals surface area contributed by atoms with E-state index in [0.29, 0.717) is 6.61 Å². The fraction of sp³-hybridized carbons (Fsp3) is 1.00. The smallest absolute Gasteiger partial charge is 0.0431 e. The van der Waals surface area contributed by atoms with E-state index in [1.54, 1.807) is 0 Å². The van der Waals surface area contributed by atoms with Crippen molar-refractivity contribution in [2.24, 2.45) is 0 Å². The van der Waals surface area contributed by atoms with Gasteiger partial charge in [0, 0.05) is 50.7 Å². The van der Waals surface area contributed by atoms with Crippen molar-refractivity contribution in [3.05, 3.63) is 5.73 Å². The molecule has 0 unspecified atom stereocenters. The van der Waals surface area contributed by atoms with E-state index in [2.05, 4.69) is 0 Å². The number of hydrogen-bond donors (Lipinski definition) is 1. The van der Waals surface area contributed by atoms with Crippen LogP contribution in [0, 0.1) is 44.1 Å². The van der Waals surface area contributed by atoms with Crippen LogP contribution in [-0.4, -0.2) is 17.3 Å². The average Bonchev–Trinajstić information content (AvgIpc) is 2.14. The molecule has 2 nitrogen and oxygen atoms in total. The predicted octanol–water partition coefficient (Wildman–Crippen LogP) is 4.32. The van der Waals surface area contributed by atoms with Crippen LogP contribution < -0.4 is 0 Å². The fourth-order valence-corrected chi connectivity index (χ4v) is 1.74. The summed E-state index contributed by atoms with van der Waals surface area (Å²) >= 11 is 0. The minimum atomic E-state index is -0.235. The minimum Gasteiger partial charge on any atom is -0.672 e. The Morgan fingerprint density at radius 1 is 0.812 bits per heavy atom. The molecule has 0 aromatic heterocycles. The van der Waals surface area contributed by atoms with Gasteiger partial charge in [-0.05, 0) is 6.42 Å². The fourth-order valence-electron chi connectivity index (χ4n) is 1.74. The maximum absolute atomic E-state index is 8.60. The van der Waals surface area contributed by atoms with Crippen LogP contribution in [0.1, 0.15) is 71.6 Å². The van der Waals surface area contributed by atoms with Crippen molar-refractivity contribution in [2.75, 3.05) is 6.61 Å². The molecule has 0 saturated heterocycles. The monoisotopic (exact) mass is 441 g/mol. The summed E-state index contributed by atoms with van der Waals surface area (Å²) in [7, 11) is 0. The molecule has 0 heterocycles. The Hall–Kier alpha value is 1.36. The Morgan fingerprint density at radius 3 is 1.56 bits per heavy atom. The zero-order valence-electron chi connectivity index (χ0n) is 11.1. The molecule has 0 saturated carbocycles. The molecule has 0 amide bonds. The number of aliphatic hydroxyl groups excluding tert-OH is 1. The number of aliphatic hydroxyl groups is 1. The normalized spacial score (nSPS) is 11.2. The van der Waals surface area contributed by atoms with E-state index in [4.69, 9.17) is 10.8 Å². The first kappa shape index (κ1) is 19.7. The molecule has 0 spiro atoms. The van der Waals surface area contributed by atoms with Crippen LogP contribution in [0.5, 0.6) is 0 Å². The molecule has 0 aliphatic heterocycles. The molecule has 1 radical (unpaired) electrons. The first-order valence-electron chi connectivity index (χ1n) is 6.42. The van der Waals surface area contributed by atoms with Gasteiger partial charge in [0.05, 0.1) is 0 Å². The Morgan fingerprint density at radius 2 is 1.19 bits per heavy atom. The minimum absolute atomic E-state index is 0. The number of nitrogens with one attached hydrogen (secondary N) is 1. The van der Waals surface area contributed by atoms with Gasteiger partial charge in [-0.2, -0.15) is 0 Å². The van der Waals surface area contributed by atoms with Crippen molar-refractivity contribution in [3.8, 4) is 0 Å². The standard InChI is InChI=1S/C13H28NO.Ac/c1-13(2,14)11-9-7-5-3-4-6-8-10-12-15;/h14-15H,3-12H2,1-2H3;/q-1;. The molecule has 0 bridgehead atoms. The van der Waals surface area contributed by atoms with Gasteiger partial charge in [-0.25, -0.2) is 0 Å². The molecule has 0 fully saturated rings. The van der Waals surface area contributed by atoms with Crippen molar-refractivity contribution in [3.63, 3.8) is 0 Å². The molecule has 16 heavy (non-hydrogen) atoms. The van der Waals surface area contributed by atoms with Gasteiger partial charge in [0.15, 0.2) is 0 Å². The number of unbranched alkanes of at least 4 members (excludes halogenated alkanes) is 7. The summed E-state index contributed by atoms with van der Waals surface area (Å²) in [6.45, 7) is 4.32. The van der Waals surface area contributed by atoms with Crippen molar-refractivity contribution < 1.29 is 49.2 Å². The zero-order valence-corrected chi connectivity index (χ0v) is 15.8. The quantitative estimate of drug-likeness (QED) is 0.505. The van der Waals surface area contributed by atoms with Crippen molar-refractivity contribution in [1.29, 1.82) is 0 Å². The third kappa shape index (κ3) is 17.7. The molecular formula is C13H28AcNO-. The summed E-state index contributed by atoms with van der Waals surface area (Å²) in [6.07, 6.45) is 10.9. The van der Waals surface area contributed by atoms with Gasteiger partial charge in [0.1, 0.15) is 0 Å². The Balaban J connectivity index is 0. The third-order valence-corrected chi connectivity index (χ3v) is 2.71. The second-order valence-corrected chi connectivity index (χ2v) is 5.19. The van der Waals surface area contributed by atoms with Crippen LogP contribution in [0.25, 0.3) is 5.73 Å². The van der Waals surface area contributed by atoms with E-state index in [1.165, 1.54) is 44.9 Å². The van der Waals surface area contributed by atoms with E-state index in [0.717, 1.165) is 12.8 Å². The average molecular weight is 441 g/mol. The SMILES string of the molecule is CC(C)([NH-])CCCCCCCCCCO.[Ac]. The third-order valence-electron chi connectivity index (χ3n) is 2.71. The summed E-state index contributed by atoms with van der Waals surface area (Å²) in [6, 6.07) is 0. The molecule has 3 heteroatoms. The van der Waals surface area contributed by atoms with Crippen LogP contribution in [0.2, 0.25) is 0 Å². The number of hydrogen-bond acceptors (Lipinski definition) is 1. The zero-order chi connectivity index (χ0) is 11.6. The van der Waals surface area contributed by atoms with Gasteiger partial charge in [0.2, 0.25) is 0 Å². The molecule has 0 rings (SSSR count). The Kier molecular flexibility index (Phi) is 15.8. The summed E-state index contributed by atoms with van der Waals surface area (Å²) in [5.74, 6) is 0. The second kappa shape index (κ2) is 12.8. The summed E-state index contributed by atoms with van der Waals surface area (Å²) in [5, 5.41) is 8.60. The summed E-state index contributed by atoms with van der Waals surface area (Å²) in [4.78, 5) is 0. The summed E-state index contributed by atoms with van der Waals surface area (Å²) in [5.41, 5.74) is 7.47. The van der Waals surface area contributed by atoms with Crippen LogP contribution >= 0.6 is 0 Å². The van der Waals surface area contributed by atoms with Crippen molar-refractivity contribution in [2.45, 2.75) is 77.2 Å². The van der Waals surface area contributed by atoms with E-state index >= 15 is 0 Å². The van der Waals surface area contributed by atoms with E-state index in [1.807, 2.05) is 13.8 Å². The molecule has 0 aromatic carbocycles. The van der Waals surface area contributed by atoms with Gasteiger partial charge in [-0.3, -0.25) is 0 Å². The van der Waals surface area contributed by atoms with Crippen LogP contribution in [0.3, 0.4) is 0 Å². The molecule has 0 aliphatic carbocycles. The molecule has 95 valence electrons. The predicted molar refractivity (Wildman–Crippen MR) is 67.0 cm³/mol.